The van der Waals surface area contributed by atoms with E-state index < -0.39 is 18.6 Å². The summed E-state index contributed by atoms with van der Waals surface area (Å²) in [6.07, 6.45) is 0.102. The van der Waals surface area contributed by atoms with Crippen molar-refractivity contribution in [1.82, 2.24) is 20.9 Å². The molecule has 1 saturated heterocycles. The highest BCUT2D eigenvalue weighted by molar-refractivity contribution is 5.94. The maximum absolute atomic E-state index is 13.0. The third-order valence-corrected chi connectivity index (χ3v) is 6.05. The normalized spacial score (nSPS) is 19.6. The zero-order valence-corrected chi connectivity index (χ0v) is 19.9. The fourth-order valence-corrected chi connectivity index (χ4v) is 4.23. The molecule has 1 aliphatic heterocycles. The highest BCUT2D eigenvalue weighted by atomic mass is 16.3. The number of hydrogen-bond donors (Lipinski definition) is 7. The predicted molar refractivity (Wildman–Crippen MR) is 134 cm³/mol. The first-order chi connectivity index (χ1) is 16.7. The molecule has 0 radical (unpaired) electrons. The lowest BCUT2D eigenvalue weighted by atomic mass is 10.1. The Morgan fingerprint density at radius 2 is 1.83 bits per heavy atom. The van der Waals surface area contributed by atoms with Crippen LogP contribution < -0.4 is 27.4 Å². The van der Waals surface area contributed by atoms with E-state index in [2.05, 4.69) is 16.0 Å². The minimum atomic E-state index is -1.15. The number of carbonyl (C=O) groups excluding carboxylic acids is 2. The molecule has 0 saturated carbocycles. The molecule has 9 N–H and O–H groups in total. The first-order valence-electron chi connectivity index (χ1n) is 11.7. The molecule has 3 rings (SSSR count). The molecule has 2 amide bonds. The molecule has 4 atom stereocenters. The Kier molecular flexibility index (Phi) is 9.32. The second-order valence-electron chi connectivity index (χ2n) is 8.85. The fourth-order valence-electron chi connectivity index (χ4n) is 4.23. The van der Waals surface area contributed by atoms with Gasteiger partial charge in [0.1, 0.15) is 5.84 Å². The standard InChI is InChI=1S/C25H35N7O3/c1-16(33)30-20-13-21(24(34)29-14-18-7-10-19(11-8-18)23(27)28)32(15-20)25(35)31-22(26)12-9-17-5-3-2-4-6-17/h2-8,10-11,20-22,25,31,35H,9,12-15,26H2,1H3,(H3,27,28)(H,29,34)(H,30,33)/t20-,21+,22+,25?/m1/s1. The van der Waals surface area contributed by atoms with Crippen LogP contribution in [0.15, 0.2) is 54.6 Å². The minimum Gasteiger partial charge on any atom is -0.384 e. The van der Waals surface area contributed by atoms with E-state index in [0.717, 1.165) is 17.5 Å². The van der Waals surface area contributed by atoms with Gasteiger partial charge in [-0.05, 0) is 30.4 Å². The average molecular weight is 482 g/mol. The maximum Gasteiger partial charge on any atom is 0.237 e. The monoisotopic (exact) mass is 481 g/mol. The molecule has 2 aromatic rings. The van der Waals surface area contributed by atoms with Crippen molar-refractivity contribution in [2.24, 2.45) is 11.5 Å². The number of nitrogens with two attached hydrogens (primary N) is 2. The number of hydrogen-bond acceptors (Lipinski definition) is 7. The van der Waals surface area contributed by atoms with Gasteiger partial charge in [0.2, 0.25) is 11.8 Å². The van der Waals surface area contributed by atoms with E-state index in [1.807, 2.05) is 30.3 Å². The topological polar surface area (TPSA) is 170 Å². The van der Waals surface area contributed by atoms with Crippen LogP contribution in [-0.2, 0) is 22.6 Å². The molecule has 1 unspecified atom stereocenters. The number of nitrogens with zero attached hydrogens (tertiary/aromatic N) is 1. The van der Waals surface area contributed by atoms with Crippen molar-refractivity contribution in [3.05, 3.63) is 71.3 Å². The van der Waals surface area contributed by atoms with Crippen LogP contribution in [0.1, 0.15) is 36.5 Å². The van der Waals surface area contributed by atoms with E-state index in [0.29, 0.717) is 24.9 Å². The van der Waals surface area contributed by atoms with Gasteiger partial charge in [0.05, 0.1) is 12.2 Å². The molecule has 10 heteroatoms. The second kappa shape index (κ2) is 12.4. The van der Waals surface area contributed by atoms with Crippen LogP contribution in [0, 0.1) is 5.41 Å². The molecule has 2 aromatic carbocycles. The molecule has 1 aliphatic rings. The molecule has 0 aromatic heterocycles. The summed E-state index contributed by atoms with van der Waals surface area (Å²) in [5.41, 5.74) is 14.3. The quantitative estimate of drug-likeness (QED) is 0.134. The first-order valence-corrected chi connectivity index (χ1v) is 11.7. The van der Waals surface area contributed by atoms with Gasteiger partial charge in [-0.25, -0.2) is 0 Å². The number of nitrogens with one attached hydrogen (secondary N) is 4. The van der Waals surface area contributed by atoms with Gasteiger partial charge < -0.3 is 27.2 Å². The molecule has 1 heterocycles. The van der Waals surface area contributed by atoms with Crippen LogP contribution >= 0.6 is 0 Å². The lowest BCUT2D eigenvalue weighted by Crippen LogP contribution is -2.57. The Morgan fingerprint density at radius 1 is 1.14 bits per heavy atom. The number of nitrogen functional groups attached to an aromatic ring is 1. The third-order valence-electron chi connectivity index (χ3n) is 6.05. The Bertz CT molecular complexity index is 1000. The minimum absolute atomic E-state index is 0.0188. The zero-order chi connectivity index (χ0) is 25.4. The second-order valence-corrected chi connectivity index (χ2v) is 8.85. The van der Waals surface area contributed by atoms with Gasteiger partial charge in [0, 0.05) is 31.6 Å². The number of carbonyl (C=O) groups is 2. The lowest BCUT2D eigenvalue weighted by molar-refractivity contribution is -0.131. The van der Waals surface area contributed by atoms with Crippen molar-refractivity contribution in [2.75, 3.05) is 6.54 Å². The summed E-state index contributed by atoms with van der Waals surface area (Å²) in [5, 5.41) is 27.1. The number of benzene rings is 2. The van der Waals surface area contributed by atoms with Gasteiger partial charge in [0.25, 0.3) is 0 Å². The van der Waals surface area contributed by atoms with E-state index in [9.17, 15) is 14.7 Å². The summed E-state index contributed by atoms with van der Waals surface area (Å²) in [7, 11) is 0. The third kappa shape index (κ3) is 7.86. The molecule has 0 bridgehead atoms. The van der Waals surface area contributed by atoms with E-state index in [1.165, 1.54) is 6.92 Å². The smallest absolute Gasteiger partial charge is 0.237 e. The summed E-state index contributed by atoms with van der Waals surface area (Å²) >= 11 is 0. The van der Waals surface area contributed by atoms with Crippen molar-refractivity contribution in [1.29, 1.82) is 5.41 Å². The summed E-state index contributed by atoms with van der Waals surface area (Å²) in [6.45, 7) is 2.02. The highest BCUT2D eigenvalue weighted by Gasteiger charge is 2.40. The van der Waals surface area contributed by atoms with Crippen LogP contribution in [0.25, 0.3) is 0 Å². The van der Waals surface area contributed by atoms with Gasteiger partial charge in [-0.3, -0.25) is 25.2 Å². The van der Waals surface area contributed by atoms with E-state index in [-0.39, 0.29) is 30.2 Å². The van der Waals surface area contributed by atoms with Gasteiger partial charge in [-0.2, -0.15) is 0 Å². The SMILES string of the molecule is CC(=O)N[C@@H]1C[C@@H](C(=O)NCc2ccc(C(=N)N)cc2)N(C(O)N[C@H](N)CCc2ccccc2)C1. The van der Waals surface area contributed by atoms with Crippen molar-refractivity contribution in [2.45, 2.75) is 57.3 Å². The van der Waals surface area contributed by atoms with Gasteiger partial charge in [-0.15, -0.1) is 0 Å². The number of aryl methyl sites for hydroxylation is 1. The lowest BCUT2D eigenvalue weighted by Gasteiger charge is -2.31. The fraction of sp³-hybridized carbons (Fsp3) is 0.400. The number of rotatable bonds is 11. The predicted octanol–water partition coefficient (Wildman–Crippen LogP) is -0.0510. The van der Waals surface area contributed by atoms with Crippen molar-refractivity contribution in [3.8, 4) is 0 Å². The highest BCUT2D eigenvalue weighted by Crippen LogP contribution is 2.20. The van der Waals surface area contributed by atoms with Crippen LogP contribution in [0.5, 0.6) is 0 Å². The van der Waals surface area contributed by atoms with Crippen LogP contribution in [0.3, 0.4) is 0 Å². The summed E-state index contributed by atoms with van der Waals surface area (Å²) < 4.78 is 0. The molecule has 0 aliphatic carbocycles. The first kappa shape index (κ1) is 26.3. The van der Waals surface area contributed by atoms with Crippen LogP contribution in [0.2, 0.25) is 0 Å². The summed E-state index contributed by atoms with van der Waals surface area (Å²) in [6, 6.07) is 16.1. The number of aliphatic hydroxyl groups excluding tert-OH is 1. The molecule has 1 fully saturated rings. The van der Waals surface area contributed by atoms with E-state index in [1.54, 1.807) is 29.2 Å². The molecule has 10 nitrogen and oxygen atoms in total. The van der Waals surface area contributed by atoms with Crippen molar-refractivity contribution < 1.29 is 14.7 Å². The molecular weight excluding hydrogens is 446 g/mol. The van der Waals surface area contributed by atoms with Gasteiger partial charge in [-0.1, -0.05) is 54.6 Å². The van der Waals surface area contributed by atoms with E-state index >= 15 is 0 Å². The summed E-state index contributed by atoms with van der Waals surface area (Å²) in [4.78, 5) is 26.3. The van der Waals surface area contributed by atoms with E-state index in [4.69, 9.17) is 16.9 Å². The Morgan fingerprint density at radius 3 is 2.46 bits per heavy atom. The molecule has 0 spiro atoms. The Hall–Kier alpha value is -3.31. The zero-order valence-electron chi connectivity index (χ0n) is 19.9. The molecule has 35 heavy (non-hydrogen) atoms. The number of aliphatic hydroxyl groups is 1. The molecule has 188 valence electrons. The maximum atomic E-state index is 13.0. The van der Waals surface area contributed by atoms with Crippen molar-refractivity contribution >= 4 is 17.6 Å². The Balaban J connectivity index is 1.59. The number of amidine groups is 1. The molecular formula is C25H35N7O3. The largest absolute Gasteiger partial charge is 0.384 e. The van der Waals surface area contributed by atoms with Crippen LogP contribution in [0.4, 0.5) is 0 Å². The van der Waals surface area contributed by atoms with Gasteiger partial charge >= 0.3 is 0 Å². The summed E-state index contributed by atoms with van der Waals surface area (Å²) in [5.74, 6) is -0.467. The van der Waals surface area contributed by atoms with Gasteiger partial charge in [0.15, 0.2) is 6.35 Å². The average Bonchev–Trinajstić information content (AvgIpc) is 3.25. The van der Waals surface area contributed by atoms with Crippen LogP contribution in [-0.4, -0.2) is 58.8 Å². The number of amides is 2. The van der Waals surface area contributed by atoms with Crippen molar-refractivity contribution in [3.63, 3.8) is 0 Å². The Labute approximate surface area is 205 Å². The number of likely N-dealkylation sites (tertiary alicyclic amines) is 1.